The van der Waals surface area contributed by atoms with Gasteiger partial charge in [0.25, 0.3) is 0 Å². The van der Waals surface area contributed by atoms with Crippen LogP contribution in [0.25, 0.3) is 11.1 Å². The van der Waals surface area contributed by atoms with Crippen LogP contribution in [0.1, 0.15) is 18.5 Å². The van der Waals surface area contributed by atoms with Crippen LogP contribution in [0, 0.1) is 0 Å². The SMILES string of the molecule is COc1cc(C(C)N)ccc1-c1ccccc1. The number of hydrogen-bond donors (Lipinski definition) is 1. The molecule has 0 aliphatic rings. The molecule has 0 amide bonds. The first-order valence-electron chi connectivity index (χ1n) is 5.71. The Kier molecular flexibility index (Phi) is 3.45. The van der Waals surface area contributed by atoms with Gasteiger partial charge in [-0.15, -0.1) is 0 Å². The maximum absolute atomic E-state index is 5.87. The zero-order valence-corrected chi connectivity index (χ0v) is 10.2. The second kappa shape index (κ2) is 5.02. The summed E-state index contributed by atoms with van der Waals surface area (Å²) in [5, 5.41) is 0. The summed E-state index contributed by atoms with van der Waals surface area (Å²) >= 11 is 0. The second-order valence-corrected chi connectivity index (χ2v) is 4.11. The third-order valence-corrected chi connectivity index (χ3v) is 2.84. The van der Waals surface area contributed by atoms with Crippen molar-refractivity contribution in [3.8, 4) is 16.9 Å². The molecule has 17 heavy (non-hydrogen) atoms. The minimum atomic E-state index is 0.0220. The van der Waals surface area contributed by atoms with Gasteiger partial charge < -0.3 is 10.5 Å². The van der Waals surface area contributed by atoms with Gasteiger partial charge in [-0.1, -0.05) is 42.5 Å². The van der Waals surface area contributed by atoms with E-state index in [4.69, 9.17) is 10.5 Å². The quantitative estimate of drug-likeness (QED) is 0.872. The fraction of sp³-hybridized carbons (Fsp3) is 0.200. The lowest BCUT2D eigenvalue weighted by Gasteiger charge is -2.12. The predicted molar refractivity (Wildman–Crippen MR) is 71.0 cm³/mol. The van der Waals surface area contributed by atoms with Gasteiger partial charge in [-0.05, 0) is 24.1 Å². The molecule has 2 heteroatoms. The molecule has 0 spiro atoms. The van der Waals surface area contributed by atoms with E-state index in [1.807, 2.05) is 31.2 Å². The van der Waals surface area contributed by atoms with Crippen LogP contribution in [0.2, 0.25) is 0 Å². The van der Waals surface area contributed by atoms with E-state index in [0.717, 1.165) is 22.4 Å². The average Bonchev–Trinajstić information content (AvgIpc) is 2.39. The first-order chi connectivity index (χ1) is 8.22. The Labute approximate surface area is 102 Å². The van der Waals surface area contributed by atoms with Crippen molar-refractivity contribution in [1.29, 1.82) is 0 Å². The minimum absolute atomic E-state index is 0.0220. The van der Waals surface area contributed by atoms with Crippen molar-refractivity contribution >= 4 is 0 Å². The molecule has 1 unspecified atom stereocenters. The molecule has 88 valence electrons. The Hall–Kier alpha value is -1.80. The Balaban J connectivity index is 2.49. The fourth-order valence-electron chi connectivity index (χ4n) is 1.85. The lowest BCUT2D eigenvalue weighted by molar-refractivity contribution is 0.415. The predicted octanol–water partition coefficient (Wildman–Crippen LogP) is 3.38. The van der Waals surface area contributed by atoms with Gasteiger partial charge in [0.1, 0.15) is 5.75 Å². The number of benzene rings is 2. The van der Waals surface area contributed by atoms with E-state index in [2.05, 4.69) is 24.3 Å². The zero-order chi connectivity index (χ0) is 12.3. The van der Waals surface area contributed by atoms with E-state index in [-0.39, 0.29) is 6.04 Å². The number of rotatable bonds is 3. The monoisotopic (exact) mass is 227 g/mol. The summed E-state index contributed by atoms with van der Waals surface area (Å²) in [5.41, 5.74) is 9.20. The Morgan fingerprint density at radius 2 is 1.76 bits per heavy atom. The van der Waals surface area contributed by atoms with E-state index in [1.54, 1.807) is 7.11 Å². The summed E-state index contributed by atoms with van der Waals surface area (Å²) in [6.45, 7) is 1.97. The average molecular weight is 227 g/mol. The normalized spacial score (nSPS) is 12.2. The molecule has 2 nitrogen and oxygen atoms in total. The van der Waals surface area contributed by atoms with Gasteiger partial charge >= 0.3 is 0 Å². The third kappa shape index (κ3) is 2.48. The van der Waals surface area contributed by atoms with E-state index in [9.17, 15) is 0 Å². The van der Waals surface area contributed by atoms with Gasteiger partial charge in [0, 0.05) is 11.6 Å². The minimum Gasteiger partial charge on any atom is -0.496 e. The molecule has 2 aromatic carbocycles. The van der Waals surface area contributed by atoms with Gasteiger partial charge in [0.15, 0.2) is 0 Å². The number of hydrogen-bond acceptors (Lipinski definition) is 2. The molecular weight excluding hydrogens is 210 g/mol. The van der Waals surface area contributed by atoms with Crippen LogP contribution in [0.3, 0.4) is 0 Å². The topological polar surface area (TPSA) is 35.2 Å². The van der Waals surface area contributed by atoms with Crippen LogP contribution in [0.4, 0.5) is 0 Å². The molecule has 2 rings (SSSR count). The lowest BCUT2D eigenvalue weighted by Crippen LogP contribution is -2.05. The highest BCUT2D eigenvalue weighted by molar-refractivity contribution is 5.70. The van der Waals surface area contributed by atoms with E-state index in [0.29, 0.717) is 0 Å². The van der Waals surface area contributed by atoms with Crippen LogP contribution < -0.4 is 10.5 Å². The molecule has 0 fully saturated rings. The molecule has 0 aliphatic carbocycles. The molecule has 0 aromatic heterocycles. The first kappa shape index (κ1) is 11.7. The molecule has 0 saturated carbocycles. The highest BCUT2D eigenvalue weighted by atomic mass is 16.5. The van der Waals surface area contributed by atoms with Crippen molar-refractivity contribution in [3.05, 3.63) is 54.1 Å². The van der Waals surface area contributed by atoms with E-state index < -0.39 is 0 Å². The van der Waals surface area contributed by atoms with Gasteiger partial charge in [0.05, 0.1) is 7.11 Å². The summed E-state index contributed by atoms with van der Waals surface area (Å²) in [4.78, 5) is 0. The molecule has 2 N–H and O–H groups in total. The lowest BCUT2D eigenvalue weighted by atomic mass is 10.0. The summed E-state index contributed by atoms with van der Waals surface area (Å²) in [7, 11) is 1.69. The third-order valence-electron chi connectivity index (χ3n) is 2.84. The van der Waals surface area contributed by atoms with Crippen LogP contribution >= 0.6 is 0 Å². The zero-order valence-electron chi connectivity index (χ0n) is 10.2. The molecular formula is C15H17NO. The van der Waals surface area contributed by atoms with Crippen molar-refractivity contribution in [1.82, 2.24) is 0 Å². The second-order valence-electron chi connectivity index (χ2n) is 4.11. The van der Waals surface area contributed by atoms with Crippen LogP contribution in [-0.2, 0) is 0 Å². The molecule has 1 atom stereocenters. The smallest absolute Gasteiger partial charge is 0.127 e. The maximum atomic E-state index is 5.87. The number of nitrogens with two attached hydrogens (primary N) is 1. The molecule has 0 bridgehead atoms. The number of methoxy groups -OCH3 is 1. The van der Waals surface area contributed by atoms with Gasteiger partial charge in [-0.25, -0.2) is 0 Å². The molecule has 0 radical (unpaired) electrons. The van der Waals surface area contributed by atoms with Crippen molar-refractivity contribution in [3.63, 3.8) is 0 Å². The Morgan fingerprint density at radius 3 is 2.35 bits per heavy atom. The first-order valence-corrected chi connectivity index (χ1v) is 5.71. The Bertz CT molecular complexity index is 492. The van der Waals surface area contributed by atoms with Crippen molar-refractivity contribution in [2.24, 2.45) is 5.73 Å². The summed E-state index contributed by atoms with van der Waals surface area (Å²) in [5.74, 6) is 0.867. The number of ether oxygens (including phenoxy) is 1. The van der Waals surface area contributed by atoms with Crippen LogP contribution in [-0.4, -0.2) is 7.11 Å². The molecule has 0 aliphatic heterocycles. The van der Waals surface area contributed by atoms with E-state index in [1.165, 1.54) is 0 Å². The fourth-order valence-corrected chi connectivity index (χ4v) is 1.85. The van der Waals surface area contributed by atoms with Crippen LogP contribution in [0.15, 0.2) is 48.5 Å². The molecule has 0 saturated heterocycles. The van der Waals surface area contributed by atoms with E-state index >= 15 is 0 Å². The van der Waals surface area contributed by atoms with Crippen molar-refractivity contribution in [2.75, 3.05) is 7.11 Å². The van der Waals surface area contributed by atoms with Crippen LogP contribution in [0.5, 0.6) is 5.75 Å². The summed E-state index contributed by atoms with van der Waals surface area (Å²) < 4.78 is 5.44. The highest BCUT2D eigenvalue weighted by Crippen LogP contribution is 2.31. The van der Waals surface area contributed by atoms with Crippen molar-refractivity contribution < 1.29 is 4.74 Å². The highest BCUT2D eigenvalue weighted by Gasteiger charge is 2.08. The van der Waals surface area contributed by atoms with Crippen molar-refractivity contribution in [2.45, 2.75) is 13.0 Å². The van der Waals surface area contributed by atoms with Gasteiger partial charge in [-0.3, -0.25) is 0 Å². The largest absolute Gasteiger partial charge is 0.496 e. The maximum Gasteiger partial charge on any atom is 0.127 e. The molecule has 0 heterocycles. The molecule has 2 aromatic rings. The standard InChI is InChI=1S/C15H17NO/c1-11(16)13-8-9-14(15(10-13)17-2)12-6-4-3-5-7-12/h3-11H,16H2,1-2H3. The van der Waals surface area contributed by atoms with Gasteiger partial charge in [-0.2, -0.15) is 0 Å². The summed E-state index contributed by atoms with van der Waals surface area (Å²) in [6, 6.07) is 16.3. The Morgan fingerprint density at radius 1 is 1.06 bits per heavy atom. The summed E-state index contributed by atoms with van der Waals surface area (Å²) in [6.07, 6.45) is 0. The van der Waals surface area contributed by atoms with Gasteiger partial charge in [0.2, 0.25) is 0 Å².